The average molecular weight is 824 g/mol. The number of hydrogen-bond donors (Lipinski definition) is 0. The zero-order valence-electron chi connectivity index (χ0n) is 28.7. The molecule has 0 aliphatic rings. The predicted octanol–water partition coefficient (Wildman–Crippen LogP) is 10.8. The van der Waals surface area contributed by atoms with Crippen molar-refractivity contribution in [2.75, 3.05) is 0 Å². The topological polar surface area (TPSA) is 26.9 Å². The molecule has 47 heavy (non-hydrogen) atoms. The first-order valence-corrected chi connectivity index (χ1v) is 20.4. The average Bonchev–Trinajstić information content (AvgIpc) is 3.48. The molecule has 0 amide bonds. The molecule has 1 aromatic heterocycles. The van der Waals surface area contributed by atoms with Gasteiger partial charge in [-0.15, -0.1) is 0 Å². The van der Waals surface area contributed by atoms with Crippen LogP contribution in [0.4, 0.5) is 0 Å². The number of nitrogens with zero attached hydrogens (tertiary/aromatic N) is 2. The fourth-order valence-corrected chi connectivity index (χ4v) is 10.9. The molecule has 0 atom stereocenters. The number of terminal acetylenes is 1. The number of carbonyl (C=O) groups is 1. The summed E-state index contributed by atoms with van der Waals surface area (Å²) in [5.41, 5.74) is 8.33. The van der Waals surface area contributed by atoms with Crippen LogP contribution in [0.15, 0.2) is 108 Å². The van der Waals surface area contributed by atoms with E-state index in [-0.39, 0.29) is 5.12 Å². The molecule has 0 saturated carbocycles. The van der Waals surface area contributed by atoms with Gasteiger partial charge < -0.3 is 0 Å². The summed E-state index contributed by atoms with van der Waals surface area (Å²) in [4.78, 5) is 14.5. The van der Waals surface area contributed by atoms with E-state index in [2.05, 4.69) is 130 Å². The third-order valence-corrected chi connectivity index (χ3v) is 13.8. The van der Waals surface area contributed by atoms with Gasteiger partial charge >= 0.3 is 293 Å². The van der Waals surface area contributed by atoms with Crippen molar-refractivity contribution >= 4 is 20.7 Å². The van der Waals surface area contributed by atoms with Gasteiger partial charge in [0, 0.05) is 0 Å². The van der Waals surface area contributed by atoms with Gasteiger partial charge in [0.25, 0.3) is 0 Å². The van der Waals surface area contributed by atoms with Gasteiger partial charge in [0.2, 0.25) is 0 Å². The Labute approximate surface area is 291 Å². The van der Waals surface area contributed by atoms with Crippen molar-refractivity contribution in [1.82, 2.24) is 9.13 Å². The Balaban J connectivity index is 1.90. The van der Waals surface area contributed by atoms with Crippen LogP contribution in [0.3, 0.4) is 0 Å². The first kappa shape index (κ1) is 34.7. The summed E-state index contributed by atoms with van der Waals surface area (Å²) < 4.78 is 10.3. The predicted molar refractivity (Wildman–Crippen MR) is 196 cm³/mol. The first-order chi connectivity index (χ1) is 22.5. The Morgan fingerprint density at radius 2 is 1.09 bits per heavy atom. The van der Waals surface area contributed by atoms with Crippen molar-refractivity contribution in [2.45, 2.75) is 84.0 Å². The summed E-state index contributed by atoms with van der Waals surface area (Å²) in [6.45, 7) is 18.1. The quantitative estimate of drug-likeness (QED) is 0.0841. The molecule has 0 saturated heterocycles. The van der Waals surface area contributed by atoms with E-state index in [0.29, 0.717) is 29.2 Å². The number of imidazole rings is 1. The van der Waals surface area contributed by atoms with Crippen molar-refractivity contribution in [3.63, 3.8) is 0 Å². The summed E-state index contributed by atoms with van der Waals surface area (Å²) in [5, 5.41) is 0.0205. The fraction of sp³-hybridized carbons (Fsp3) is 0.286. The van der Waals surface area contributed by atoms with E-state index in [1.165, 1.54) is 45.4 Å². The third-order valence-electron chi connectivity index (χ3n) is 8.28. The zero-order valence-corrected chi connectivity index (χ0v) is 31.7. The molecule has 0 radical (unpaired) electrons. The van der Waals surface area contributed by atoms with Crippen LogP contribution in [0.2, 0.25) is 0 Å². The summed E-state index contributed by atoms with van der Waals surface area (Å²) in [6.07, 6.45) is 11.1. The molecule has 0 spiro atoms. The fourth-order valence-electron chi connectivity index (χ4n) is 5.91. The Hall–Kier alpha value is -3.59. The van der Waals surface area contributed by atoms with Gasteiger partial charge in [-0.3, -0.25) is 0 Å². The van der Waals surface area contributed by atoms with E-state index < -0.39 is 18.0 Å². The molecule has 0 aliphatic heterocycles. The van der Waals surface area contributed by atoms with E-state index in [9.17, 15) is 4.79 Å². The normalized spacial score (nSPS) is 11.9. The van der Waals surface area contributed by atoms with Crippen molar-refractivity contribution in [2.24, 2.45) is 0 Å². The van der Waals surface area contributed by atoms with Gasteiger partial charge in [0.1, 0.15) is 0 Å². The molecule has 0 unspecified atom stereocenters. The summed E-state index contributed by atoms with van der Waals surface area (Å²) in [5.74, 6) is 1.29. The number of thioether (sulfide) groups is 1. The second-order valence-electron chi connectivity index (χ2n) is 12.9. The number of hydrogen-bond acceptors (Lipinski definition) is 2. The summed E-state index contributed by atoms with van der Waals surface area (Å²) in [6, 6.07) is 31.3. The number of benzene rings is 4. The molecule has 0 aliphatic carbocycles. The van der Waals surface area contributed by atoms with Crippen LogP contribution in [0.5, 0.6) is 0 Å². The molecule has 5 heteroatoms. The number of carbonyl (C=O) groups excluding carboxylic acids is 1. The standard InChI is InChI=1S/C27H36N2.C13H9OS.C2H.Au/c1-18(2)22-11-9-12-23(19(3)4)26(22)28-15-16-29(17-28)27-24(20(5)6)13-10-14-25(27)21(7)8;14-13(11-7-3-1-4-8-11)15-12-9-5-2-6-10-12;1-2;/h9-16,18-21H,1-8H3;1-3,5-10H;1H;. The molecule has 247 valence electrons. The number of rotatable bonds is 9. The van der Waals surface area contributed by atoms with Crippen LogP contribution >= 0.6 is 11.8 Å². The minimum absolute atomic E-state index is 0.0205. The van der Waals surface area contributed by atoms with Crippen molar-refractivity contribution in [1.29, 1.82) is 0 Å². The summed E-state index contributed by atoms with van der Waals surface area (Å²) in [7, 11) is 0. The van der Waals surface area contributed by atoms with E-state index in [4.69, 9.17) is 6.42 Å². The maximum absolute atomic E-state index is 13.5. The zero-order chi connectivity index (χ0) is 33.8. The summed E-state index contributed by atoms with van der Waals surface area (Å²) >= 11 is -1.24. The Morgan fingerprint density at radius 3 is 1.51 bits per heavy atom. The van der Waals surface area contributed by atoms with E-state index in [1.54, 1.807) is 0 Å². The second-order valence-corrected chi connectivity index (χ2v) is 18.5. The molecule has 0 bridgehead atoms. The van der Waals surface area contributed by atoms with Gasteiger partial charge in [-0.05, 0) is 0 Å². The number of aromatic nitrogens is 2. The van der Waals surface area contributed by atoms with Gasteiger partial charge in [-0.1, -0.05) is 0 Å². The van der Waals surface area contributed by atoms with Gasteiger partial charge in [0.05, 0.1) is 0 Å². The Morgan fingerprint density at radius 1 is 0.638 bits per heavy atom. The van der Waals surface area contributed by atoms with Crippen LogP contribution < -0.4 is 3.78 Å². The number of para-hydroxylation sites is 2. The molecule has 5 aromatic rings. The molecule has 4 aromatic carbocycles. The molecule has 0 fully saturated rings. The maximum atomic E-state index is 13.5. The molecule has 1 heterocycles. The third kappa shape index (κ3) is 7.30. The van der Waals surface area contributed by atoms with E-state index in [1.807, 2.05) is 42.5 Å². The molecular formula is C42H46AuN2OS. The van der Waals surface area contributed by atoms with E-state index >= 15 is 0 Å². The van der Waals surface area contributed by atoms with Gasteiger partial charge in [-0.2, -0.15) is 0 Å². The van der Waals surface area contributed by atoms with Crippen molar-refractivity contribution < 1.29 is 22.8 Å². The van der Waals surface area contributed by atoms with Crippen LogP contribution in [-0.4, -0.2) is 14.2 Å². The molecule has 0 N–H and O–H groups in total. The molecule has 3 nitrogen and oxygen atoms in total. The van der Waals surface area contributed by atoms with E-state index in [0.717, 1.165) is 12.3 Å². The second kappa shape index (κ2) is 15.1. The minimum atomic E-state index is -2.50. The SMILES string of the molecule is C#[C][Au]([c]1cccc(C(=O)Sc2ccccc2)c1)=[c]1n(-c2c(C(C)C)cccc2C(C)C)ccn1-c1c(C(C)C)cccc1C(C)C. The monoisotopic (exact) mass is 823 g/mol. The molecular weight excluding hydrogens is 778 g/mol. The van der Waals surface area contributed by atoms with Gasteiger partial charge in [0.15, 0.2) is 0 Å². The van der Waals surface area contributed by atoms with Crippen LogP contribution in [0.1, 0.15) is 112 Å². The van der Waals surface area contributed by atoms with Crippen molar-refractivity contribution in [3.05, 3.63) is 135 Å². The van der Waals surface area contributed by atoms with Crippen molar-refractivity contribution in [3.8, 4) is 21.9 Å². The van der Waals surface area contributed by atoms with Crippen LogP contribution in [0.25, 0.3) is 11.4 Å². The Bertz CT molecular complexity index is 1870. The van der Waals surface area contributed by atoms with Gasteiger partial charge in [-0.25, -0.2) is 0 Å². The van der Waals surface area contributed by atoms with Crippen LogP contribution in [0, 0.1) is 14.2 Å². The Kier molecular flexibility index (Phi) is 11.2. The van der Waals surface area contributed by atoms with Crippen LogP contribution in [-0.2, 0) is 18.0 Å². The molecule has 5 rings (SSSR count). The first-order valence-electron chi connectivity index (χ1n) is 16.3.